The maximum absolute atomic E-state index is 12.7. The number of pyridine rings is 1. The third-order valence-corrected chi connectivity index (χ3v) is 7.01. The second-order valence-electron chi connectivity index (χ2n) is 9.28. The smallest absolute Gasteiger partial charge is 0.272 e. The van der Waals surface area contributed by atoms with E-state index in [4.69, 9.17) is 11.6 Å². The van der Waals surface area contributed by atoms with Crippen molar-refractivity contribution in [3.63, 3.8) is 0 Å². The molecule has 2 N–H and O–H groups in total. The number of aryl methyl sites for hydroxylation is 2. The van der Waals surface area contributed by atoms with Crippen molar-refractivity contribution in [1.29, 1.82) is 0 Å². The van der Waals surface area contributed by atoms with Crippen LogP contribution in [0.3, 0.4) is 0 Å². The molecule has 1 aliphatic rings. The largest absolute Gasteiger partial charge is 0.360 e. The first-order chi connectivity index (χ1) is 18.9. The molecule has 39 heavy (non-hydrogen) atoms. The topological polar surface area (TPSA) is 87.2 Å². The molecule has 1 aliphatic carbocycles. The van der Waals surface area contributed by atoms with E-state index in [1.165, 1.54) is 36.9 Å². The zero-order chi connectivity index (χ0) is 27.4. The number of nitrogens with zero attached hydrogens (tertiary/aromatic N) is 2. The Bertz CT molecular complexity index is 1680. The summed E-state index contributed by atoms with van der Waals surface area (Å²) in [7, 11) is 1.47. The van der Waals surface area contributed by atoms with Gasteiger partial charge in [0.1, 0.15) is 0 Å². The van der Waals surface area contributed by atoms with Crippen molar-refractivity contribution >= 4 is 34.3 Å². The molecule has 0 radical (unpaired) electrons. The molecule has 196 valence electrons. The van der Waals surface area contributed by atoms with Crippen molar-refractivity contribution in [3.05, 3.63) is 135 Å². The van der Waals surface area contributed by atoms with Gasteiger partial charge in [0, 0.05) is 53.2 Å². The number of hydrazine groups is 1. The molecule has 0 spiro atoms. The van der Waals surface area contributed by atoms with Crippen LogP contribution in [0.1, 0.15) is 38.3 Å². The summed E-state index contributed by atoms with van der Waals surface area (Å²) in [5.74, 6) is -0.815. The third kappa shape index (κ3) is 5.78. The summed E-state index contributed by atoms with van der Waals surface area (Å²) in [4.78, 5) is 40.1. The van der Waals surface area contributed by atoms with Crippen LogP contribution in [0.15, 0.2) is 102 Å². The van der Waals surface area contributed by atoms with Gasteiger partial charge in [0.2, 0.25) is 0 Å². The molecule has 8 heteroatoms. The van der Waals surface area contributed by atoms with E-state index >= 15 is 0 Å². The number of fused-ring (bicyclic) bond motifs is 2. The zero-order valence-corrected chi connectivity index (χ0v) is 22.1. The van der Waals surface area contributed by atoms with Gasteiger partial charge in [0.05, 0.1) is 5.02 Å². The van der Waals surface area contributed by atoms with Crippen molar-refractivity contribution in [2.24, 2.45) is 0 Å². The van der Waals surface area contributed by atoms with Crippen LogP contribution in [0.25, 0.3) is 16.6 Å². The SMILES string of the molecule is CN(NC(=O)c1ccc2c(Cl)c[nH]c2c1)C(=O)c1ccc(-n2ccccc2=O)cc1.c1ccc2c(c1)CCC2. The summed E-state index contributed by atoms with van der Waals surface area (Å²) in [6.07, 6.45) is 7.27. The predicted molar refractivity (Wildman–Crippen MR) is 153 cm³/mol. The molecule has 0 bridgehead atoms. The van der Waals surface area contributed by atoms with Gasteiger partial charge in [0.15, 0.2) is 0 Å². The minimum Gasteiger partial charge on any atom is -0.360 e. The Morgan fingerprint density at radius 3 is 2.26 bits per heavy atom. The van der Waals surface area contributed by atoms with Crippen LogP contribution in [-0.4, -0.2) is 33.4 Å². The highest BCUT2D eigenvalue weighted by Gasteiger charge is 2.16. The monoisotopic (exact) mass is 538 g/mol. The average molecular weight is 539 g/mol. The zero-order valence-electron chi connectivity index (χ0n) is 21.4. The lowest BCUT2D eigenvalue weighted by Gasteiger charge is -2.18. The molecule has 2 amide bonds. The van der Waals surface area contributed by atoms with Gasteiger partial charge in [-0.2, -0.15) is 0 Å². The van der Waals surface area contributed by atoms with Gasteiger partial charge >= 0.3 is 0 Å². The summed E-state index contributed by atoms with van der Waals surface area (Å²) in [5.41, 5.74) is 7.66. The van der Waals surface area contributed by atoms with Crippen LogP contribution in [0, 0.1) is 0 Å². The molecule has 6 rings (SSSR count). The first-order valence-electron chi connectivity index (χ1n) is 12.6. The molecule has 0 aliphatic heterocycles. The molecular weight excluding hydrogens is 512 g/mol. The lowest BCUT2D eigenvalue weighted by molar-refractivity contribution is 0.0636. The fraction of sp³-hybridized carbons (Fsp3) is 0.129. The first kappa shape index (κ1) is 26.0. The van der Waals surface area contributed by atoms with Crippen LogP contribution in [-0.2, 0) is 12.8 Å². The molecule has 2 heterocycles. The minimum atomic E-state index is -0.425. The Morgan fingerprint density at radius 1 is 0.897 bits per heavy atom. The molecule has 3 aromatic carbocycles. The van der Waals surface area contributed by atoms with E-state index in [0.29, 0.717) is 21.8 Å². The Hall–Kier alpha value is -4.62. The van der Waals surface area contributed by atoms with Crippen molar-refractivity contribution < 1.29 is 9.59 Å². The second-order valence-corrected chi connectivity index (χ2v) is 9.69. The number of benzene rings is 3. The number of amides is 2. The number of hydrogen-bond donors (Lipinski definition) is 2. The molecular formula is C31H27ClN4O3. The number of carbonyl (C=O) groups excluding carboxylic acids is 2. The number of carbonyl (C=O) groups is 2. The Kier molecular flexibility index (Phi) is 7.61. The number of hydrogen-bond acceptors (Lipinski definition) is 3. The predicted octanol–water partition coefficient (Wildman–Crippen LogP) is 5.56. The summed E-state index contributed by atoms with van der Waals surface area (Å²) < 4.78 is 1.47. The Balaban J connectivity index is 0.000000287. The van der Waals surface area contributed by atoms with Gasteiger partial charge in [-0.3, -0.25) is 29.4 Å². The summed E-state index contributed by atoms with van der Waals surface area (Å²) in [5, 5.41) is 2.51. The number of rotatable bonds is 3. The average Bonchev–Trinajstić information content (AvgIpc) is 3.59. The fourth-order valence-electron chi connectivity index (χ4n) is 4.61. The van der Waals surface area contributed by atoms with Gasteiger partial charge in [-0.05, 0) is 72.9 Å². The van der Waals surface area contributed by atoms with Crippen molar-refractivity contribution in [2.45, 2.75) is 19.3 Å². The molecule has 7 nitrogen and oxygen atoms in total. The van der Waals surface area contributed by atoms with Crippen molar-refractivity contribution in [1.82, 2.24) is 20.0 Å². The molecule has 5 aromatic rings. The van der Waals surface area contributed by atoms with Gasteiger partial charge in [0.25, 0.3) is 17.4 Å². The van der Waals surface area contributed by atoms with Gasteiger partial charge in [-0.15, -0.1) is 0 Å². The summed E-state index contributed by atoms with van der Waals surface area (Å²) in [6.45, 7) is 0. The van der Waals surface area contributed by atoms with Crippen molar-refractivity contribution in [2.75, 3.05) is 7.05 Å². The highest BCUT2D eigenvalue weighted by atomic mass is 35.5. The number of aromatic nitrogens is 2. The van der Waals surface area contributed by atoms with E-state index in [1.807, 2.05) is 0 Å². The molecule has 2 aromatic heterocycles. The quantitative estimate of drug-likeness (QED) is 0.295. The molecule has 0 unspecified atom stereocenters. The van der Waals surface area contributed by atoms with Crippen LogP contribution in [0.5, 0.6) is 0 Å². The van der Waals surface area contributed by atoms with Crippen molar-refractivity contribution in [3.8, 4) is 5.69 Å². The van der Waals surface area contributed by atoms with E-state index in [1.54, 1.807) is 78.1 Å². The summed E-state index contributed by atoms with van der Waals surface area (Å²) in [6, 6.07) is 25.2. The number of halogens is 1. The fourth-order valence-corrected chi connectivity index (χ4v) is 4.83. The molecule has 0 saturated carbocycles. The lowest BCUT2D eigenvalue weighted by Crippen LogP contribution is -2.43. The molecule has 0 saturated heterocycles. The van der Waals surface area contributed by atoms with E-state index in [0.717, 1.165) is 15.9 Å². The summed E-state index contributed by atoms with van der Waals surface area (Å²) >= 11 is 6.05. The normalized spacial score (nSPS) is 11.8. The third-order valence-electron chi connectivity index (χ3n) is 6.69. The van der Waals surface area contributed by atoms with E-state index < -0.39 is 5.91 Å². The maximum Gasteiger partial charge on any atom is 0.272 e. The first-order valence-corrected chi connectivity index (χ1v) is 13.0. The lowest BCUT2D eigenvalue weighted by atomic mass is 10.1. The van der Waals surface area contributed by atoms with Crippen LogP contribution >= 0.6 is 11.6 Å². The van der Waals surface area contributed by atoms with Crippen LogP contribution in [0.2, 0.25) is 5.02 Å². The Morgan fingerprint density at radius 2 is 1.56 bits per heavy atom. The number of aromatic amines is 1. The van der Waals surface area contributed by atoms with Gasteiger partial charge in [-0.25, -0.2) is 0 Å². The van der Waals surface area contributed by atoms with E-state index in [-0.39, 0.29) is 11.5 Å². The van der Waals surface area contributed by atoms with Gasteiger partial charge in [-0.1, -0.05) is 48.0 Å². The molecule has 0 atom stereocenters. The van der Waals surface area contributed by atoms with E-state index in [2.05, 4.69) is 34.7 Å². The van der Waals surface area contributed by atoms with E-state index in [9.17, 15) is 14.4 Å². The van der Waals surface area contributed by atoms with Crippen LogP contribution in [0.4, 0.5) is 0 Å². The second kappa shape index (κ2) is 11.4. The molecule has 0 fully saturated rings. The Labute approximate surface area is 230 Å². The van der Waals surface area contributed by atoms with Crippen LogP contribution < -0.4 is 11.0 Å². The van der Waals surface area contributed by atoms with Gasteiger partial charge < -0.3 is 4.98 Å². The highest BCUT2D eigenvalue weighted by Crippen LogP contribution is 2.24. The number of nitrogens with one attached hydrogen (secondary N) is 2. The minimum absolute atomic E-state index is 0.165. The maximum atomic E-state index is 12.7. The number of H-pyrrole nitrogens is 1. The standard InChI is InChI=1S/C22H17ClN4O3.C9H10/c1-26(25-21(29)15-7-10-17-18(23)13-24-19(17)12-15)22(30)14-5-8-16(9-6-14)27-11-3-2-4-20(27)28;1-2-5-9-7-3-6-8(9)4-1/h2-13,24H,1H3,(H,25,29);1-2,4-5H,3,6-7H2. The highest BCUT2D eigenvalue weighted by molar-refractivity contribution is 6.35.